The molecule has 1 amide bonds. The molecule has 0 fully saturated rings. The summed E-state index contributed by atoms with van der Waals surface area (Å²) < 4.78 is 20.2. The lowest BCUT2D eigenvalue weighted by Crippen LogP contribution is -2.27. The summed E-state index contributed by atoms with van der Waals surface area (Å²) in [5.74, 6) is 0.00573. The number of aromatic nitrogens is 3. The molecule has 6 nitrogen and oxygen atoms in total. The molecule has 2 aromatic carbocycles. The average Bonchev–Trinajstić information content (AvgIpc) is 3.36. The highest BCUT2D eigenvalue weighted by molar-refractivity contribution is 6.31. The number of nitrogens with zero attached hydrogens (tertiary/aromatic N) is 3. The zero-order valence-corrected chi connectivity index (χ0v) is 17.0. The molecular formula is C21H15Cl2FN4O2. The summed E-state index contributed by atoms with van der Waals surface area (Å²) in [6, 6.07) is 14.7. The first-order valence-corrected chi connectivity index (χ1v) is 9.71. The quantitative estimate of drug-likeness (QED) is 0.455. The number of carbonyl (C=O) groups excluding carboxylic acids is 1. The number of halogens is 3. The molecule has 0 radical (unpaired) electrons. The molecule has 30 heavy (non-hydrogen) atoms. The molecule has 9 heteroatoms. The predicted octanol–water partition coefficient (Wildman–Crippen LogP) is 4.97. The smallest absolute Gasteiger partial charge is 0.274 e. The van der Waals surface area contributed by atoms with E-state index in [9.17, 15) is 9.18 Å². The van der Waals surface area contributed by atoms with E-state index in [-0.39, 0.29) is 29.9 Å². The number of hydrogen-bond donors (Lipinski definition) is 1. The average molecular weight is 445 g/mol. The van der Waals surface area contributed by atoms with Gasteiger partial charge in [-0.05, 0) is 42.0 Å². The molecule has 4 aromatic rings. The van der Waals surface area contributed by atoms with Crippen LogP contribution in [0, 0.1) is 5.82 Å². The Bertz CT molecular complexity index is 1210. The molecule has 0 spiro atoms. The van der Waals surface area contributed by atoms with Crippen LogP contribution in [0.5, 0.6) is 0 Å². The summed E-state index contributed by atoms with van der Waals surface area (Å²) in [7, 11) is 0. The molecule has 0 aliphatic rings. The zero-order valence-electron chi connectivity index (χ0n) is 15.5. The van der Waals surface area contributed by atoms with Crippen LogP contribution in [-0.2, 0) is 17.9 Å². The number of rotatable bonds is 6. The third-order valence-electron chi connectivity index (χ3n) is 4.36. The molecule has 152 valence electrons. The van der Waals surface area contributed by atoms with Gasteiger partial charge in [-0.15, -0.1) is 0 Å². The number of nitrogens with one attached hydrogen (secondary N) is 1. The van der Waals surface area contributed by atoms with Gasteiger partial charge in [0.15, 0.2) is 0 Å². The van der Waals surface area contributed by atoms with Gasteiger partial charge in [0.25, 0.3) is 5.89 Å². The van der Waals surface area contributed by atoms with Crippen molar-refractivity contribution in [3.63, 3.8) is 0 Å². The maximum absolute atomic E-state index is 13.1. The van der Waals surface area contributed by atoms with E-state index >= 15 is 0 Å². The van der Waals surface area contributed by atoms with Crippen molar-refractivity contribution in [1.82, 2.24) is 20.0 Å². The van der Waals surface area contributed by atoms with Crippen LogP contribution in [0.25, 0.3) is 23.0 Å². The van der Waals surface area contributed by atoms with Crippen LogP contribution in [0.15, 0.2) is 65.3 Å². The van der Waals surface area contributed by atoms with E-state index in [0.717, 1.165) is 5.56 Å². The SMILES string of the molecule is O=C(Cn1cccc1-c1nc(-c2cccc(Cl)c2)no1)NCc1ccc(F)cc1Cl. The molecule has 0 saturated carbocycles. The lowest BCUT2D eigenvalue weighted by molar-refractivity contribution is -0.121. The Morgan fingerprint density at radius 2 is 2.00 bits per heavy atom. The van der Waals surface area contributed by atoms with Crippen molar-refractivity contribution in [2.45, 2.75) is 13.1 Å². The largest absolute Gasteiger partial charge is 0.350 e. The van der Waals surface area contributed by atoms with Crippen LogP contribution in [0.1, 0.15) is 5.56 Å². The predicted molar refractivity (Wildman–Crippen MR) is 111 cm³/mol. The summed E-state index contributed by atoms with van der Waals surface area (Å²) in [6.45, 7) is 0.226. The molecule has 2 heterocycles. The fraction of sp³-hybridized carbons (Fsp3) is 0.0952. The highest BCUT2D eigenvalue weighted by atomic mass is 35.5. The summed E-state index contributed by atoms with van der Waals surface area (Å²) in [5.41, 5.74) is 1.96. The first kappa shape index (κ1) is 20.1. The van der Waals surface area contributed by atoms with Gasteiger partial charge in [-0.3, -0.25) is 4.79 Å². The highest BCUT2D eigenvalue weighted by Crippen LogP contribution is 2.24. The standard InChI is InChI=1S/C21H15Cl2FN4O2/c22-15-4-1-3-13(9-15)20-26-21(30-27-20)18-5-2-8-28(18)12-19(29)25-11-14-6-7-16(24)10-17(14)23/h1-10H,11-12H2,(H,25,29). The number of hydrogen-bond acceptors (Lipinski definition) is 4. The van der Waals surface area contributed by atoms with Crippen molar-refractivity contribution in [1.29, 1.82) is 0 Å². The van der Waals surface area contributed by atoms with Crippen LogP contribution in [0.4, 0.5) is 4.39 Å². The minimum Gasteiger partial charge on any atom is -0.350 e. The van der Waals surface area contributed by atoms with E-state index in [1.54, 1.807) is 41.1 Å². The van der Waals surface area contributed by atoms with Gasteiger partial charge in [-0.2, -0.15) is 4.98 Å². The van der Waals surface area contributed by atoms with Gasteiger partial charge in [0.2, 0.25) is 11.7 Å². The Labute approximate surface area is 181 Å². The zero-order chi connectivity index (χ0) is 21.1. The Kier molecular flexibility index (Phi) is 5.83. The summed E-state index contributed by atoms with van der Waals surface area (Å²) in [5, 5.41) is 7.59. The second-order valence-corrected chi connectivity index (χ2v) is 7.31. The second-order valence-electron chi connectivity index (χ2n) is 6.47. The molecule has 0 atom stereocenters. The van der Waals surface area contributed by atoms with Crippen molar-refractivity contribution in [3.8, 4) is 23.0 Å². The van der Waals surface area contributed by atoms with Gasteiger partial charge in [-0.25, -0.2) is 4.39 Å². The molecule has 0 saturated heterocycles. The molecule has 1 N–H and O–H groups in total. The topological polar surface area (TPSA) is 73.0 Å². The minimum atomic E-state index is -0.427. The fourth-order valence-electron chi connectivity index (χ4n) is 2.89. The van der Waals surface area contributed by atoms with E-state index < -0.39 is 5.82 Å². The van der Waals surface area contributed by atoms with Crippen LogP contribution in [0.3, 0.4) is 0 Å². The molecule has 0 bridgehead atoms. The van der Waals surface area contributed by atoms with Crippen LogP contribution >= 0.6 is 23.2 Å². The van der Waals surface area contributed by atoms with Gasteiger partial charge in [0.1, 0.15) is 18.1 Å². The van der Waals surface area contributed by atoms with Gasteiger partial charge >= 0.3 is 0 Å². The van der Waals surface area contributed by atoms with E-state index in [4.69, 9.17) is 27.7 Å². The van der Waals surface area contributed by atoms with Gasteiger partial charge in [0, 0.05) is 28.4 Å². The van der Waals surface area contributed by atoms with Crippen molar-refractivity contribution in [3.05, 3.63) is 82.2 Å². The maximum Gasteiger partial charge on any atom is 0.274 e. The lowest BCUT2D eigenvalue weighted by Gasteiger charge is -2.09. The van der Waals surface area contributed by atoms with Gasteiger partial charge in [-0.1, -0.05) is 46.6 Å². The molecule has 4 rings (SSSR count). The maximum atomic E-state index is 13.1. The Balaban J connectivity index is 1.45. The first-order chi connectivity index (χ1) is 14.5. The molecule has 0 aliphatic heterocycles. The van der Waals surface area contributed by atoms with Crippen LogP contribution in [-0.4, -0.2) is 20.6 Å². The Morgan fingerprint density at radius 1 is 1.13 bits per heavy atom. The molecule has 2 aromatic heterocycles. The Hall–Kier alpha value is -3.16. The van der Waals surface area contributed by atoms with Crippen molar-refractivity contribution < 1.29 is 13.7 Å². The minimum absolute atomic E-state index is 0.0377. The fourth-order valence-corrected chi connectivity index (χ4v) is 3.31. The third-order valence-corrected chi connectivity index (χ3v) is 4.95. The van der Waals surface area contributed by atoms with Crippen LogP contribution < -0.4 is 5.32 Å². The highest BCUT2D eigenvalue weighted by Gasteiger charge is 2.16. The first-order valence-electron chi connectivity index (χ1n) is 8.95. The van der Waals surface area contributed by atoms with E-state index in [2.05, 4.69) is 15.5 Å². The number of benzene rings is 2. The normalized spacial score (nSPS) is 10.9. The van der Waals surface area contributed by atoms with Crippen molar-refractivity contribution in [2.75, 3.05) is 0 Å². The van der Waals surface area contributed by atoms with Crippen molar-refractivity contribution in [2.24, 2.45) is 0 Å². The van der Waals surface area contributed by atoms with E-state index in [1.807, 2.05) is 6.07 Å². The summed E-state index contributed by atoms with van der Waals surface area (Å²) >= 11 is 12.0. The molecule has 0 aliphatic carbocycles. The lowest BCUT2D eigenvalue weighted by atomic mass is 10.2. The third kappa shape index (κ3) is 4.53. The summed E-state index contributed by atoms with van der Waals surface area (Å²) in [4.78, 5) is 16.8. The van der Waals surface area contributed by atoms with Gasteiger partial charge in [0.05, 0.1) is 0 Å². The van der Waals surface area contributed by atoms with E-state index in [1.165, 1.54) is 18.2 Å². The monoisotopic (exact) mass is 444 g/mol. The van der Waals surface area contributed by atoms with E-state index in [0.29, 0.717) is 22.1 Å². The van der Waals surface area contributed by atoms with Gasteiger partial charge < -0.3 is 14.4 Å². The molecular weight excluding hydrogens is 430 g/mol. The van der Waals surface area contributed by atoms with Crippen molar-refractivity contribution >= 4 is 29.1 Å². The number of amides is 1. The Morgan fingerprint density at radius 3 is 2.80 bits per heavy atom. The summed E-state index contributed by atoms with van der Waals surface area (Å²) in [6.07, 6.45) is 1.74. The molecule has 0 unspecified atom stereocenters. The number of carbonyl (C=O) groups is 1. The second kappa shape index (κ2) is 8.69. The van der Waals surface area contributed by atoms with Crippen LogP contribution in [0.2, 0.25) is 10.0 Å².